The van der Waals surface area contributed by atoms with Gasteiger partial charge in [-0.15, -0.1) is 10.2 Å². The van der Waals surface area contributed by atoms with E-state index < -0.39 is 0 Å². The molecule has 3 heterocycles. The maximum atomic E-state index is 6.52. The van der Waals surface area contributed by atoms with Crippen LogP contribution in [0, 0.1) is 0 Å². The lowest BCUT2D eigenvalue weighted by atomic mass is 9.79. The monoisotopic (exact) mass is 457 g/mol. The molecular weight excluding hydrogens is 430 g/mol. The summed E-state index contributed by atoms with van der Waals surface area (Å²) in [5.74, 6) is 0.238. The molecule has 0 aliphatic carbocycles. The number of nitrogen functional groups attached to an aromatic ring is 1. The molecule has 31 heavy (non-hydrogen) atoms. The first-order valence-electron chi connectivity index (χ1n) is 10.3. The minimum atomic E-state index is 0.0607. The molecule has 3 aromatic rings. The summed E-state index contributed by atoms with van der Waals surface area (Å²) in [5.41, 5.74) is 8.34. The van der Waals surface area contributed by atoms with E-state index in [0.29, 0.717) is 11.1 Å². The summed E-state index contributed by atoms with van der Waals surface area (Å²) in [5, 5.41) is 15.0. The summed E-state index contributed by atoms with van der Waals surface area (Å²) in [6, 6.07) is 7.94. The van der Waals surface area contributed by atoms with Crippen molar-refractivity contribution in [3.63, 3.8) is 0 Å². The van der Waals surface area contributed by atoms with Gasteiger partial charge in [-0.2, -0.15) is 0 Å². The fourth-order valence-electron chi connectivity index (χ4n) is 4.55. The van der Waals surface area contributed by atoms with Crippen LogP contribution < -0.4 is 16.0 Å². The minimum absolute atomic E-state index is 0.0607. The molecule has 1 aliphatic heterocycles. The smallest absolute Gasteiger partial charge is 0.220 e. The Kier molecular flexibility index (Phi) is 5.66. The summed E-state index contributed by atoms with van der Waals surface area (Å²) in [4.78, 5) is 10.5. The molecule has 164 valence electrons. The molecule has 4 rings (SSSR count). The van der Waals surface area contributed by atoms with E-state index >= 15 is 0 Å². The van der Waals surface area contributed by atoms with Crippen molar-refractivity contribution in [2.75, 3.05) is 17.7 Å². The van der Waals surface area contributed by atoms with Gasteiger partial charge in [0, 0.05) is 41.5 Å². The van der Waals surface area contributed by atoms with E-state index in [-0.39, 0.29) is 17.0 Å². The highest BCUT2D eigenvalue weighted by molar-refractivity contribution is 7.18. The van der Waals surface area contributed by atoms with Gasteiger partial charge in [0.1, 0.15) is 0 Å². The van der Waals surface area contributed by atoms with Crippen LogP contribution in [0.4, 0.5) is 11.1 Å². The lowest BCUT2D eigenvalue weighted by Crippen LogP contribution is -2.61. The van der Waals surface area contributed by atoms with Crippen LogP contribution in [-0.2, 0) is 0 Å². The minimum Gasteiger partial charge on any atom is -0.368 e. The van der Waals surface area contributed by atoms with Crippen LogP contribution in [0.15, 0.2) is 30.5 Å². The quantitative estimate of drug-likeness (QED) is 0.589. The van der Waals surface area contributed by atoms with Crippen LogP contribution in [0.5, 0.6) is 0 Å². The first kappa shape index (κ1) is 21.9. The number of nitrogens with one attached hydrogen (secondary N) is 1. The van der Waals surface area contributed by atoms with Gasteiger partial charge in [-0.25, -0.2) is 9.97 Å². The summed E-state index contributed by atoms with van der Waals surface area (Å²) in [6.45, 7) is 9.02. The van der Waals surface area contributed by atoms with Gasteiger partial charge < -0.3 is 16.0 Å². The fourth-order valence-corrected chi connectivity index (χ4v) is 5.72. The third-order valence-corrected chi connectivity index (χ3v) is 6.98. The molecule has 2 aromatic heterocycles. The molecule has 3 N–H and O–H groups in total. The number of hydrogen-bond acceptors (Lipinski definition) is 8. The zero-order valence-electron chi connectivity index (χ0n) is 18.5. The van der Waals surface area contributed by atoms with Gasteiger partial charge in [0.05, 0.1) is 10.7 Å². The largest absolute Gasteiger partial charge is 0.368 e. The Bertz CT molecular complexity index is 1080. The van der Waals surface area contributed by atoms with E-state index in [1.807, 2.05) is 24.3 Å². The van der Waals surface area contributed by atoms with Crippen molar-refractivity contribution in [2.45, 2.75) is 57.7 Å². The summed E-state index contributed by atoms with van der Waals surface area (Å²) >= 11 is 8.07. The highest BCUT2D eigenvalue weighted by Gasteiger charge is 2.39. The van der Waals surface area contributed by atoms with Crippen LogP contribution in [-0.4, -0.2) is 44.3 Å². The van der Waals surface area contributed by atoms with Crippen molar-refractivity contribution in [1.82, 2.24) is 25.5 Å². The fraction of sp³-hybridized carbons (Fsp3) is 0.455. The summed E-state index contributed by atoms with van der Waals surface area (Å²) < 4.78 is 0. The highest BCUT2D eigenvalue weighted by atomic mass is 35.5. The number of nitrogens with two attached hydrogens (primary N) is 1. The number of aromatic nitrogens is 4. The number of rotatable bonds is 4. The molecule has 0 atom stereocenters. The van der Waals surface area contributed by atoms with Crippen LogP contribution in [0.2, 0.25) is 5.02 Å². The topological polar surface area (TPSA) is 92.9 Å². The molecular formula is C22H28ClN7S. The zero-order valence-corrected chi connectivity index (χ0v) is 20.1. The molecule has 9 heteroatoms. The Labute approximate surface area is 192 Å². The number of hydrogen-bond donors (Lipinski definition) is 2. The van der Waals surface area contributed by atoms with Crippen LogP contribution in [0.25, 0.3) is 21.8 Å². The second kappa shape index (κ2) is 8.00. The average molecular weight is 458 g/mol. The van der Waals surface area contributed by atoms with Gasteiger partial charge in [0.2, 0.25) is 11.1 Å². The number of benzene rings is 1. The lowest BCUT2D eigenvalue weighted by molar-refractivity contribution is 0.161. The van der Waals surface area contributed by atoms with Crippen molar-refractivity contribution in [3.05, 3.63) is 35.5 Å². The number of anilines is 2. The molecule has 0 spiro atoms. The molecule has 1 fully saturated rings. The van der Waals surface area contributed by atoms with Crippen LogP contribution in [0.1, 0.15) is 40.5 Å². The Balaban J connectivity index is 1.62. The lowest BCUT2D eigenvalue weighted by Gasteiger charge is -2.48. The molecule has 1 aliphatic rings. The molecule has 0 radical (unpaired) electrons. The van der Waals surface area contributed by atoms with Crippen molar-refractivity contribution in [2.24, 2.45) is 0 Å². The van der Waals surface area contributed by atoms with Crippen LogP contribution >= 0.6 is 22.9 Å². The second-order valence-corrected chi connectivity index (χ2v) is 10.8. The van der Waals surface area contributed by atoms with E-state index in [4.69, 9.17) is 17.3 Å². The van der Waals surface area contributed by atoms with Crippen molar-refractivity contribution in [1.29, 1.82) is 0 Å². The van der Waals surface area contributed by atoms with E-state index in [2.05, 4.69) is 65.1 Å². The van der Waals surface area contributed by atoms with E-state index in [0.717, 1.165) is 39.8 Å². The van der Waals surface area contributed by atoms with Crippen molar-refractivity contribution in [3.8, 4) is 21.8 Å². The maximum absolute atomic E-state index is 6.52. The number of nitrogens with zero attached hydrogens (tertiary/aromatic N) is 5. The van der Waals surface area contributed by atoms with Crippen LogP contribution in [0.3, 0.4) is 0 Å². The Hall–Kier alpha value is -2.29. The normalized spacial score (nSPS) is 18.1. The predicted molar refractivity (Wildman–Crippen MR) is 129 cm³/mol. The first-order valence-corrected chi connectivity index (χ1v) is 11.5. The third kappa shape index (κ3) is 4.81. The van der Waals surface area contributed by atoms with Crippen molar-refractivity contribution < 1.29 is 0 Å². The first-order chi connectivity index (χ1) is 14.5. The molecule has 7 nitrogen and oxygen atoms in total. The Morgan fingerprint density at radius 2 is 1.84 bits per heavy atom. The van der Waals surface area contributed by atoms with Gasteiger partial charge >= 0.3 is 0 Å². The number of piperidine rings is 1. The summed E-state index contributed by atoms with van der Waals surface area (Å²) in [7, 11) is 2.11. The average Bonchev–Trinajstić information content (AvgIpc) is 3.15. The molecule has 1 saturated heterocycles. The summed E-state index contributed by atoms with van der Waals surface area (Å²) in [6.07, 6.45) is 3.71. The van der Waals surface area contributed by atoms with E-state index in [1.165, 1.54) is 0 Å². The SMILES string of the molecule is CN(c1nnc(-c2cc(-c3ccnc(N)n3)ccc2Cl)s1)C1CC(C)(C)NC(C)(C)C1. The molecule has 0 saturated carbocycles. The molecule has 0 amide bonds. The standard InChI is InChI=1S/C22H28ClN7S/c1-21(2)11-14(12-22(3,4)29-21)30(5)20-28-27-18(31-20)15-10-13(6-7-16(15)23)17-8-9-25-19(24)26-17/h6-10,14,29H,11-12H2,1-5H3,(H2,24,25,26). The van der Waals surface area contributed by atoms with Gasteiger partial charge in [0.25, 0.3) is 0 Å². The Morgan fingerprint density at radius 3 is 2.52 bits per heavy atom. The number of halogens is 1. The Morgan fingerprint density at radius 1 is 1.13 bits per heavy atom. The van der Waals surface area contributed by atoms with Gasteiger partial charge in [-0.3, -0.25) is 0 Å². The maximum Gasteiger partial charge on any atom is 0.220 e. The third-order valence-electron chi connectivity index (χ3n) is 5.60. The van der Waals surface area contributed by atoms with Crippen molar-refractivity contribution >= 4 is 34.0 Å². The van der Waals surface area contributed by atoms with E-state index in [9.17, 15) is 0 Å². The van der Waals surface area contributed by atoms with E-state index in [1.54, 1.807) is 17.5 Å². The molecule has 0 unspecified atom stereocenters. The van der Waals surface area contributed by atoms with Gasteiger partial charge in [0.15, 0.2) is 5.01 Å². The van der Waals surface area contributed by atoms with Gasteiger partial charge in [-0.05, 0) is 58.7 Å². The molecule has 1 aromatic carbocycles. The highest BCUT2D eigenvalue weighted by Crippen LogP contribution is 2.38. The van der Waals surface area contributed by atoms with Gasteiger partial charge in [-0.1, -0.05) is 29.0 Å². The zero-order chi connectivity index (χ0) is 22.4. The molecule has 0 bridgehead atoms. The second-order valence-electron chi connectivity index (χ2n) is 9.45. The predicted octanol–water partition coefficient (Wildman–Crippen LogP) is 4.64.